The van der Waals surface area contributed by atoms with Crippen molar-refractivity contribution in [2.45, 2.75) is 26.0 Å². The van der Waals surface area contributed by atoms with E-state index in [9.17, 15) is 0 Å². The molecule has 0 spiro atoms. The second-order valence-corrected chi connectivity index (χ2v) is 4.95. The Morgan fingerprint density at radius 1 is 1.29 bits per heavy atom. The summed E-state index contributed by atoms with van der Waals surface area (Å²) in [5.41, 5.74) is 2.68. The number of hydrogen-bond donors (Lipinski definition) is 0. The summed E-state index contributed by atoms with van der Waals surface area (Å²) in [6.45, 7) is 6.37. The van der Waals surface area contributed by atoms with Gasteiger partial charge in [0.2, 0.25) is 0 Å². The number of aliphatic imine (C=N–C) groups is 1. The number of thioether (sulfide) groups is 1. The fourth-order valence-electron chi connectivity index (χ4n) is 1.21. The van der Waals surface area contributed by atoms with E-state index in [2.05, 4.69) is 50.0 Å². The number of benzene rings is 1. The molecule has 0 bridgehead atoms. The first kappa shape index (κ1) is 11.3. The monoisotopic (exact) mass is 207 g/mol. The molecule has 0 aliphatic rings. The van der Waals surface area contributed by atoms with Gasteiger partial charge in [0.1, 0.15) is 0 Å². The standard InChI is InChI=1S/C12H17NS/c1-9-5-7-12(8-6-9)10(2)14-11(3)13-4/h5-8,10H,1-4H3. The van der Waals surface area contributed by atoms with E-state index in [0.29, 0.717) is 5.25 Å². The van der Waals surface area contributed by atoms with E-state index in [0.717, 1.165) is 5.04 Å². The van der Waals surface area contributed by atoms with Crippen LogP contribution in [0.1, 0.15) is 30.2 Å². The average molecular weight is 207 g/mol. The molecule has 14 heavy (non-hydrogen) atoms. The third kappa shape index (κ3) is 3.18. The summed E-state index contributed by atoms with van der Waals surface area (Å²) in [5.74, 6) is 0. The molecule has 0 saturated carbocycles. The lowest BCUT2D eigenvalue weighted by Gasteiger charge is -2.10. The van der Waals surface area contributed by atoms with Crippen LogP contribution in [0.4, 0.5) is 0 Å². The van der Waals surface area contributed by atoms with Gasteiger partial charge in [-0.05, 0) is 26.3 Å². The summed E-state index contributed by atoms with van der Waals surface area (Å²) >= 11 is 1.81. The van der Waals surface area contributed by atoms with Crippen molar-refractivity contribution < 1.29 is 0 Å². The van der Waals surface area contributed by atoms with Crippen LogP contribution in [0.2, 0.25) is 0 Å². The van der Waals surface area contributed by atoms with Gasteiger partial charge in [-0.3, -0.25) is 4.99 Å². The summed E-state index contributed by atoms with van der Waals surface area (Å²) in [4.78, 5) is 4.15. The zero-order valence-electron chi connectivity index (χ0n) is 9.24. The number of nitrogens with zero attached hydrogens (tertiary/aromatic N) is 1. The third-order valence-corrected chi connectivity index (χ3v) is 3.36. The highest BCUT2D eigenvalue weighted by molar-refractivity contribution is 8.14. The molecule has 1 aromatic carbocycles. The van der Waals surface area contributed by atoms with E-state index in [1.165, 1.54) is 11.1 Å². The van der Waals surface area contributed by atoms with Crippen molar-refractivity contribution in [1.82, 2.24) is 0 Å². The Morgan fingerprint density at radius 2 is 1.86 bits per heavy atom. The fraction of sp³-hybridized carbons (Fsp3) is 0.417. The van der Waals surface area contributed by atoms with Crippen LogP contribution in [-0.4, -0.2) is 12.1 Å². The van der Waals surface area contributed by atoms with Gasteiger partial charge in [0, 0.05) is 12.3 Å². The molecule has 1 nitrogen and oxygen atoms in total. The van der Waals surface area contributed by atoms with Crippen LogP contribution in [0.15, 0.2) is 29.3 Å². The predicted molar refractivity (Wildman–Crippen MR) is 66.2 cm³/mol. The first-order chi connectivity index (χ1) is 6.63. The highest BCUT2D eigenvalue weighted by Gasteiger charge is 2.06. The van der Waals surface area contributed by atoms with Crippen molar-refractivity contribution in [1.29, 1.82) is 0 Å². The molecule has 0 aromatic heterocycles. The van der Waals surface area contributed by atoms with Crippen molar-refractivity contribution in [3.63, 3.8) is 0 Å². The van der Waals surface area contributed by atoms with Crippen LogP contribution in [0.3, 0.4) is 0 Å². The molecule has 2 heteroatoms. The summed E-state index contributed by atoms with van der Waals surface area (Å²) in [5, 5.41) is 1.62. The van der Waals surface area contributed by atoms with Crippen LogP contribution in [0, 0.1) is 6.92 Å². The van der Waals surface area contributed by atoms with Gasteiger partial charge in [-0.1, -0.05) is 29.8 Å². The van der Waals surface area contributed by atoms with Gasteiger partial charge in [-0.2, -0.15) is 0 Å². The van der Waals surface area contributed by atoms with E-state index >= 15 is 0 Å². The normalized spacial score (nSPS) is 14.1. The van der Waals surface area contributed by atoms with Gasteiger partial charge < -0.3 is 0 Å². The van der Waals surface area contributed by atoms with Crippen LogP contribution in [-0.2, 0) is 0 Å². The molecule has 1 rings (SSSR count). The van der Waals surface area contributed by atoms with Gasteiger partial charge >= 0.3 is 0 Å². The molecule has 76 valence electrons. The Morgan fingerprint density at radius 3 is 2.36 bits per heavy atom. The maximum absolute atomic E-state index is 4.15. The second kappa shape index (κ2) is 5.20. The molecule has 1 unspecified atom stereocenters. The summed E-state index contributed by atoms with van der Waals surface area (Å²) in [6, 6.07) is 8.70. The Hall–Kier alpha value is -0.760. The molecule has 0 aliphatic carbocycles. The fourth-order valence-corrected chi connectivity index (χ4v) is 2.12. The van der Waals surface area contributed by atoms with Crippen molar-refractivity contribution in [2.75, 3.05) is 7.05 Å². The number of rotatable bonds is 2. The first-order valence-electron chi connectivity index (χ1n) is 4.80. The van der Waals surface area contributed by atoms with E-state index in [1.807, 2.05) is 18.8 Å². The minimum absolute atomic E-state index is 0.485. The Labute approximate surface area is 90.6 Å². The van der Waals surface area contributed by atoms with Crippen LogP contribution >= 0.6 is 11.8 Å². The zero-order chi connectivity index (χ0) is 10.6. The molecule has 0 N–H and O–H groups in total. The maximum Gasteiger partial charge on any atom is 0.0647 e. The lowest BCUT2D eigenvalue weighted by Crippen LogP contribution is -1.92. The summed E-state index contributed by atoms with van der Waals surface area (Å²) < 4.78 is 0. The number of hydrogen-bond acceptors (Lipinski definition) is 2. The molecule has 0 heterocycles. The van der Waals surface area contributed by atoms with Crippen LogP contribution in [0.25, 0.3) is 0 Å². The maximum atomic E-state index is 4.15. The van der Waals surface area contributed by atoms with E-state index in [1.54, 1.807) is 0 Å². The lowest BCUT2D eigenvalue weighted by molar-refractivity contribution is 1.10. The zero-order valence-corrected chi connectivity index (χ0v) is 10.1. The molecular formula is C12H17NS. The van der Waals surface area contributed by atoms with E-state index < -0.39 is 0 Å². The minimum Gasteiger partial charge on any atom is -0.287 e. The van der Waals surface area contributed by atoms with Gasteiger partial charge in [0.15, 0.2) is 0 Å². The predicted octanol–water partition coefficient (Wildman–Crippen LogP) is 3.84. The molecular weight excluding hydrogens is 190 g/mol. The molecule has 1 aromatic rings. The SMILES string of the molecule is CN=C(C)SC(C)c1ccc(C)cc1. The topological polar surface area (TPSA) is 12.4 Å². The average Bonchev–Trinajstić information content (AvgIpc) is 2.18. The Bertz CT molecular complexity index is 314. The molecule has 0 saturated heterocycles. The van der Waals surface area contributed by atoms with E-state index in [4.69, 9.17) is 0 Å². The number of aryl methyl sites for hydroxylation is 1. The van der Waals surface area contributed by atoms with Gasteiger partial charge in [-0.15, -0.1) is 11.8 Å². The molecule has 0 radical (unpaired) electrons. The molecule has 0 aliphatic heterocycles. The lowest BCUT2D eigenvalue weighted by atomic mass is 10.1. The van der Waals surface area contributed by atoms with Crippen molar-refractivity contribution >= 4 is 16.8 Å². The quantitative estimate of drug-likeness (QED) is 0.530. The highest BCUT2D eigenvalue weighted by Crippen LogP contribution is 2.28. The largest absolute Gasteiger partial charge is 0.287 e. The summed E-state index contributed by atoms with van der Waals surface area (Å²) in [6.07, 6.45) is 0. The minimum atomic E-state index is 0.485. The highest BCUT2D eigenvalue weighted by atomic mass is 32.2. The third-order valence-electron chi connectivity index (χ3n) is 2.21. The smallest absolute Gasteiger partial charge is 0.0647 e. The Balaban J connectivity index is 2.70. The van der Waals surface area contributed by atoms with Crippen molar-refractivity contribution in [3.05, 3.63) is 35.4 Å². The summed E-state index contributed by atoms with van der Waals surface area (Å²) in [7, 11) is 1.84. The van der Waals surface area contributed by atoms with Gasteiger partial charge in [0.05, 0.1) is 5.04 Å². The molecule has 0 amide bonds. The van der Waals surface area contributed by atoms with Gasteiger partial charge in [-0.25, -0.2) is 0 Å². The second-order valence-electron chi connectivity index (χ2n) is 3.41. The van der Waals surface area contributed by atoms with Crippen molar-refractivity contribution in [3.8, 4) is 0 Å². The van der Waals surface area contributed by atoms with Crippen LogP contribution in [0.5, 0.6) is 0 Å². The van der Waals surface area contributed by atoms with Crippen LogP contribution < -0.4 is 0 Å². The van der Waals surface area contributed by atoms with Gasteiger partial charge in [0.25, 0.3) is 0 Å². The van der Waals surface area contributed by atoms with E-state index in [-0.39, 0.29) is 0 Å². The molecule has 1 atom stereocenters. The molecule has 0 fully saturated rings. The Kier molecular flexibility index (Phi) is 4.21. The first-order valence-corrected chi connectivity index (χ1v) is 5.68. The van der Waals surface area contributed by atoms with Crippen molar-refractivity contribution in [2.24, 2.45) is 4.99 Å².